The number of amides is 1. The normalized spacial score (nSPS) is 11.9. The fourth-order valence-electron chi connectivity index (χ4n) is 2.55. The molecule has 7 nitrogen and oxygen atoms in total. The largest absolute Gasteiger partial charge is 0.360 e. The van der Waals surface area contributed by atoms with E-state index in [0.29, 0.717) is 29.7 Å². The molecule has 0 aliphatic heterocycles. The van der Waals surface area contributed by atoms with Crippen LogP contribution in [-0.2, 0) is 11.3 Å². The van der Waals surface area contributed by atoms with E-state index >= 15 is 0 Å². The molecular weight excluding hydrogens is 362 g/mol. The third kappa shape index (κ3) is 4.46. The zero-order valence-corrected chi connectivity index (χ0v) is 16.1. The summed E-state index contributed by atoms with van der Waals surface area (Å²) in [6.07, 6.45) is 2.42. The average Bonchev–Trinajstić information content (AvgIpc) is 3.26. The van der Waals surface area contributed by atoms with E-state index in [1.807, 2.05) is 41.8 Å². The summed E-state index contributed by atoms with van der Waals surface area (Å²) in [6, 6.07) is 11.5. The van der Waals surface area contributed by atoms with Gasteiger partial charge in [0.1, 0.15) is 5.76 Å². The molecule has 0 fully saturated rings. The first kappa shape index (κ1) is 18.9. The van der Waals surface area contributed by atoms with Crippen LogP contribution in [-0.4, -0.2) is 31.1 Å². The average molecular weight is 383 g/mol. The van der Waals surface area contributed by atoms with Gasteiger partial charge in [0.25, 0.3) is 0 Å². The van der Waals surface area contributed by atoms with Gasteiger partial charge in [-0.3, -0.25) is 9.36 Å². The van der Waals surface area contributed by atoms with Gasteiger partial charge in [0.05, 0.1) is 5.25 Å². The van der Waals surface area contributed by atoms with Crippen molar-refractivity contribution in [1.82, 2.24) is 19.9 Å². The maximum Gasteiger partial charge on any atom is 0.239 e. The number of aryl methyl sites for hydroxylation is 1. The number of allylic oxidation sites excluding steroid dienone is 1. The Bertz CT molecular complexity index is 919. The van der Waals surface area contributed by atoms with Crippen molar-refractivity contribution >= 4 is 23.5 Å². The first-order valence-corrected chi connectivity index (χ1v) is 9.50. The van der Waals surface area contributed by atoms with Crippen LogP contribution in [0.4, 0.5) is 5.82 Å². The lowest BCUT2D eigenvalue weighted by Gasteiger charge is -2.14. The number of hydrogen-bond donors (Lipinski definition) is 1. The van der Waals surface area contributed by atoms with Gasteiger partial charge in [-0.25, -0.2) is 0 Å². The number of hydrogen-bond acceptors (Lipinski definition) is 6. The highest BCUT2D eigenvalue weighted by molar-refractivity contribution is 8.00. The number of rotatable bonds is 8. The van der Waals surface area contributed by atoms with E-state index in [2.05, 4.69) is 27.2 Å². The van der Waals surface area contributed by atoms with Gasteiger partial charge < -0.3 is 9.84 Å². The number of nitrogens with zero attached hydrogens (tertiary/aromatic N) is 4. The Hall–Kier alpha value is -2.87. The fourth-order valence-corrected chi connectivity index (χ4v) is 3.52. The van der Waals surface area contributed by atoms with Crippen LogP contribution in [0, 0.1) is 6.92 Å². The molecule has 1 unspecified atom stereocenters. The first-order chi connectivity index (χ1) is 13.1. The summed E-state index contributed by atoms with van der Waals surface area (Å²) in [6.45, 7) is 8.11. The molecule has 2 aromatic heterocycles. The molecule has 0 spiro atoms. The summed E-state index contributed by atoms with van der Waals surface area (Å²) in [7, 11) is 0. The predicted octanol–water partition coefficient (Wildman–Crippen LogP) is 3.94. The third-order valence-electron chi connectivity index (χ3n) is 3.85. The lowest BCUT2D eigenvalue weighted by molar-refractivity contribution is -0.115. The van der Waals surface area contributed by atoms with Crippen LogP contribution < -0.4 is 5.32 Å². The van der Waals surface area contributed by atoms with Crippen LogP contribution in [0.2, 0.25) is 0 Å². The summed E-state index contributed by atoms with van der Waals surface area (Å²) in [5.41, 5.74) is 0.967. The van der Waals surface area contributed by atoms with Crippen LogP contribution in [0.5, 0.6) is 0 Å². The number of anilines is 1. The molecule has 0 saturated carbocycles. The maximum atomic E-state index is 12.6. The van der Waals surface area contributed by atoms with Gasteiger partial charge in [0, 0.05) is 18.2 Å². The standard InChI is InChI=1S/C19H21N5O2S/c1-4-11-24-17(14-9-7-6-8-10-14)21-22-19(24)27-15(5-2)18(25)20-16-12-13(3)26-23-16/h4,6-10,12,15H,1,5,11H2,2-3H3,(H,20,23,25). The van der Waals surface area contributed by atoms with Gasteiger partial charge in [0.15, 0.2) is 16.8 Å². The van der Waals surface area contributed by atoms with Crippen molar-refractivity contribution in [3.8, 4) is 11.4 Å². The second kappa shape index (κ2) is 8.68. The second-order valence-electron chi connectivity index (χ2n) is 5.90. The van der Waals surface area contributed by atoms with Gasteiger partial charge in [-0.1, -0.05) is 60.3 Å². The van der Waals surface area contributed by atoms with Gasteiger partial charge in [-0.2, -0.15) is 0 Å². The first-order valence-electron chi connectivity index (χ1n) is 8.62. The highest BCUT2D eigenvalue weighted by atomic mass is 32.2. The number of carbonyl (C=O) groups excluding carboxylic acids is 1. The predicted molar refractivity (Wildman–Crippen MR) is 105 cm³/mol. The smallest absolute Gasteiger partial charge is 0.239 e. The summed E-state index contributed by atoms with van der Waals surface area (Å²) >= 11 is 1.38. The van der Waals surface area contributed by atoms with Crippen molar-refractivity contribution in [2.24, 2.45) is 0 Å². The van der Waals surface area contributed by atoms with E-state index < -0.39 is 0 Å². The molecule has 27 heavy (non-hydrogen) atoms. The van der Waals surface area contributed by atoms with Crippen molar-refractivity contribution in [1.29, 1.82) is 0 Å². The molecule has 3 aromatic rings. The van der Waals surface area contributed by atoms with Crippen molar-refractivity contribution in [3.63, 3.8) is 0 Å². The molecule has 1 N–H and O–H groups in total. The van der Waals surface area contributed by atoms with E-state index in [1.165, 1.54) is 11.8 Å². The molecule has 0 radical (unpaired) electrons. The Labute approximate surface area is 161 Å². The number of nitrogens with one attached hydrogen (secondary N) is 1. The highest BCUT2D eigenvalue weighted by Gasteiger charge is 2.23. The van der Waals surface area contributed by atoms with E-state index in [4.69, 9.17) is 4.52 Å². The van der Waals surface area contributed by atoms with Crippen LogP contribution in [0.1, 0.15) is 19.1 Å². The molecule has 8 heteroatoms. The molecule has 2 heterocycles. The van der Waals surface area contributed by atoms with Crippen LogP contribution >= 0.6 is 11.8 Å². The van der Waals surface area contributed by atoms with Crippen molar-refractivity contribution < 1.29 is 9.32 Å². The Morgan fingerprint density at radius 3 is 2.78 bits per heavy atom. The van der Waals surface area contributed by atoms with Crippen molar-refractivity contribution in [2.45, 2.75) is 37.2 Å². The molecule has 1 aromatic carbocycles. The van der Waals surface area contributed by atoms with Gasteiger partial charge in [0.2, 0.25) is 5.91 Å². The van der Waals surface area contributed by atoms with E-state index in [9.17, 15) is 4.79 Å². The van der Waals surface area contributed by atoms with Crippen LogP contribution in [0.3, 0.4) is 0 Å². The molecular formula is C19H21N5O2S. The summed E-state index contributed by atoms with van der Waals surface area (Å²) in [4.78, 5) is 12.6. The fraction of sp³-hybridized carbons (Fsp3) is 0.263. The zero-order valence-electron chi connectivity index (χ0n) is 15.3. The number of benzene rings is 1. The third-order valence-corrected chi connectivity index (χ3v) is 5.20. The quantitative estimate of drug-likeness (QED) is 0.468. The lowest BCUT2D eigenvalue weighted by atomic mass is 10.2. The molecule has 3 rings (SSSR count). The Morgan fingerprint density at radius 2 is 2.15 bits per heavy atom. The Balaban J connectivity index is 1.81. The van der Waals surface area contributed by atoms with Crippen molar-refractivity contribution in [2.75, 3.05) is 5.32 Å². The monoisotopic (exact) mass is 383 g/mol. The molecule has 0 aliphatic carbocycles. The molecule has 0 aliphatic rings. The van der Waals surface area contributed by atoms with E-state index in [0.717, 1.165) is 11.4 Å². The van der Waals surface area contributed by atoms with Crippen LogP contribution in [0.15, 0.2) is 58.7 Å². The Morgan fingerprint density at radius 1 is 1.37 bits per heavy atom. The van der Waals surface area contributed by atoms with Gasteiger partial charge >= 0.3 is 0 Å². The Kier molecular flexibility index (Phi) is 6.08. The maximum absolute atomic E-state index is 12.6. The number of carbonyl (C=O) groups is 1. The number of aromatic nitrogens is 4. The minimum atomic E-state index is -0.335. The van der Waals surface area contributed by atoms with Gasteiger partial charge in [-0.05, 0) is 13.3 Å². The summed E-state index contributed by atoms with van der Waals surface area (Å²) in [5.74, 6) is 1.66. The molecule has 140 valence electrons. The SMILES string of the molecule is C=CCn1c(SC(CC)C(=O)Nc2cc(C)on2)nnc1-c1ccccc1. The van der Waals surface area contributed by atoms with E-state index in [-0.39, 0.29) is 11.2 Å². The molecule has 0 saturated heterocycles. The van der Waals surface area contributed by atoms with Gasteiger partial charge in [-0.15, -0.1) is 16.8 Å². The zero-order chi connectivity index (χ0) is 19.2. The minimum Gasteiger partial charge on any atom is -0.360 e. The molecule has 1 atom stereocenters. The lowest BCUT2D eigenvalue weighted by Crippen LogP contribution is -2.25. The molecule has 1 amide bonds. The van der Waals surface area contributed by atoms with E-state index in [1.54, 1.807) is 19.1 Å². The van der Waals surface area contributed by atoms with Crippen molar-refractivity contribution in [3.05, 3.63) is 54.8 Å². The minimum absolute atomic E-state index is 0.148. The topological polar surface area (TPSA) is 85.8 Å². The highest BCUT2D eigenvalue weighted by Crippen LogP contribution is 2.29. The summed E-state index contributed by atoms with van der Waals surface area (Å²) in [5, 5.41) is 15.6. The van der Waals surface area contributed by atoms with Crippen LogP contribution in [0.25, 0.3) is 11.4 Å². The second-order valence-corrected chi connectivity index (χ2v) is 7.07. The summed E-state index contributed by atoms with van der Waals surface area (Å²) < 4.78 is 6.95. The number of thioether (sulfide) groups is 1. The molecule has 0 bridgehead atoms.